The fraction of sp³-hybridized carbons (Fsp3) is 1.00. The van der Waals surface area contributed by atoms with E-state index in [4.69, 9.17) is 0 Å². The molecule has 1 aliphatic carbocycles. The van der Waals surface area contributed by atoms with Crippen LogP contribution in [0.15, 0.2) is 0 Å². The van der Waals surface area contributed by atoms with E-state index in [-0.39, 0.29) is 6.10 Å². The van der Waals surface area contributed by atoms with Gasteiger partial charge < -0.3 is 15.3 Å². The lowest BCUT2D eigenvalue weighted by Crippen LogP contribution is -2.48. The van der Waals surface area contributed by atoms with Crippen LogP contribution in [0.25, 0.3) is 0 Å². The van der Waals surface area contributed by atoms with Gasteiger partial charge in [0.1, 0.15) is 0 Å². The molecule has 0 spiro atoms. The van der Waals surface area contributed by atoms with E-state index in [1.165, 1.54) is 51.6 Å². The Morgan fingerprint density at radius 1 is 1.16 bits per heavy atom. The second kappa shape index (κ2) is 7.61. The number of hydrogen-bond donors (Lipinski definition) is 2. The molecule has 1 aliphatic heterocycles. The van der Waals surface area contributed by atoms with E-state index in [0.29, 0.717) is 5.41 Å². The molecule has 1 heterocycles. The molecule has 3 heteroatoms. The highest BCUT2D eigenvalue weighted by Crippen LogP contribution is 2.37. The van der Waals surface area contributed by atoms with Gasteiger partial charge in [0, 0.05) is 26.2 Å². The van der Waals surface area contributed by atoms with Crippen molar-refractivity contribution < 1.29 is 5.11 Å². The average molecular weight is 268 g/mol. The second-order valence-electron chi connectivity index (χ2n) is 6.74. The molecule has 0 bridgehead atoms. The monoisotopic (exact) mass is 268 g/mol. The summed E-state index contributed by atoms with van der Waals surface area (Å²) in [5, 5.41) is 13.3. The van der Waals surface area contributed by atoms with Crippen LogP contribution in [0.2, 0.25) is 0 Å². The van der Waals surface area contributed by atoms with Crippen molar-refractivity contribution in [3.05, 3.63) is 0 Å². The standard InChI is InChI=1S/C16H32N2O/c1-2-10-17-13-16(8-4-3-5-9-16)14-18-11-6-15(19)7-12-18/h15,17,19H,2-14H2,1H3. The van der Waals surface area contributed by atoms with Crippen molar-refractivity contribution in [2.24, 2.45) is 5.41 Å². The van der Waals surface area contributed by atoms with Crippen molar-refractivity contribution in [3.8, 4) is 0 Å². The van der Waals surface area contributed by atoms with Gasteiger partial charge in [-0.3, -0.25) is 0 Å². The third kappa shape index (κ3) is 4.73. The molecule has 2 N–H and O–H groups in total. The molecule has 3 nitrogen and oxygen atoms in total. The fourth-order valence-electron chi connectivity index (χ4n) is 3.77. The first-order valence-electron chi connectivity index (χ1n) is 8.35. The van der Waals surface area contributed by atoms with E-state index in [0.717, 1.165) is 32.5 Å². The summed E-state index contributed by atoms with van der Waals surface area (Å²) in [6.07, 6.45) is 10.1. The summed E-state index contributed by atoms with van der Waals surface area (Å²) in [4.78, 5) is 2.60. The predicted molar refractivity (Wildman–Crippen MR) is 80.4 cm³/mol. The molecular formula is C16H32N2O. The van der Waals surface area contributed by atoms with Crippen LogP contribution in [-0.4, -0.2) is 48.8 Å². The highest BCUT2D eigenvalue weighted by molar-refractivity contribution is 4.89. The van der Waals surface area contributed by atoms with Gasteiger partial charge in [-0.15, -0.1) is 0 Å². The number of hydrogen-bond acceptors (Lipinski definition) is 3. The molecule has 2 fully saturated rings. The summed E-state index contributed by atoms with van der Waals surface area (Å²) in [7, 11) is 0. The third-order valence-electron chi connectivity index (χ3n) is 4.96. The maximum Gasteiger partial charge on any atom is 0.0564 e. The largest absolute Gasteiger partial charge is 0.393 e. The Morgan fingerprint density at radius 2 is 1.84 bits per heavy atom. The Bertz CT molecular complexity index is 243. The lowest BCUT2D eigenvalue weighted by atomic mass is 9.73. The Labute approximate surface area is 118 Å². The van der Waals surface area contributed by atoms with Crippen molar-refractivity contribution in [2.45, 2.75) is 64.4 Å². The molecule has 0 aromatic rings. The summed E-state index contributed by atoms with van der Waals surface area (Å²) in [5.74, 6) is 0. The van der Waals surface area contributed by atoms with Crippen LogP contribution in [-0.2, 0) is 0 Å². The summed E-state index contributed by atoms with van der Waals surface area (Å²) in [5.41, 5.74) is 0.510. The first-order chi connectivity index (χ1) is 9.24. The summed E-state index contributed by atoms with van der Waals surface area (Å²) in [6, 6.07) is 0. The zero-order valence-electron chi connectivity index (χ0n) is 12.7. The van der Waals surface area contributed by atoms with Gasteiger partial charge in [-0.2, -0.15) is 0 Å². The molecule has 2 aliphatic rings. The Kier molecular flexibility index (Phi) is 6.11. The maximum atomic E-state index is 9.63. The Morgan fingerprint density at radius 3 is 2.47 bits per heavy atom. The maximum absolute atomic E-state index is 9.63. The topological polar surface area (TPSA) is 35.5 Å². The van der Waals surface area contributed by atoms with E-state index in [1.807, 2.05) is 0 Å². The highest BCUT2D eigenvalue weighted by atomic mass is 16.3. The first kappa shape index (κ1) is 15.3. The Balaban J connectivity index is 1.85. The van der Waals surface area contributed by atoms with Crippen LogP contribution >= 0.6 is 0 Å². The number of aliphatic hydroxyl groups is 1. The fourth-order valence-corrected chi connectivity index (χ4v) is 3.77. The first-order valence-corrected chi connectivity index (χ1v) is 8.35. The quantitative estimate of drug-likeness (QED) is 0.726. The van der Waals surface area contributed by atoms with E-state index in [1.54, 1.807) is 0 Å². The second-order valence-corrected chi connectivity index (χ2v) is 6.74. The third-order valence-corrected chi connectivity index (χ3v) is 4.96. The van der Waals surface area contributed by atoms with Crippen LogP contribution in [0, 0.1) is 5.41 Å². The number of rotatable bonds is 6. The van der Waals surface area contributed by atoms with Crippen LogP contribution in [0.5, 0.6) is 0 Å². The number of nitrogens with zero attached hydrogens (tertiary/aromatic N) is 1. The SMILES string of the molecule is CCCNCC1(CN2CCC(O)CC2)CCCCC1. The van der Waals surface area contributed by atoms with Gasteiger partial charge in [0.2, 0.25) is 0 Å². The molecule has 2 rings (SSSR count). The van der Waals surface area contributed by atoms with Gasteiger partial charge in [-0.25, -0.2) is 0 Å². The van der Waals surface area contributed by atoms with Crippen LogP contribution in [0.4, 0.5) is 0 Å². The molecule has 0 amide bonds. The van der Waals surface area contributed by atoms with E-state index < -0.39 is 0 Å². The molecule has 1 saturated carbocycles. The molecule has 0 aromatic carbocycles. The van der Waals surface area contributed by atoms with Crippen molar-refractivity contribution in [2.75, 3.05) is 32.7 Å². The molecule has 0 atom stereocenters. The normalized spacial score (nSPS) is 25.6. The van der Waals surface area contributed by atoms with Crippen molar-refractivity contribution in [1.29, 1.82) is 0 Å². The van der Waals surface area contributed by atoms with Crippen LogP contribution in [0.3, 0.4) is 0 Å². The van der Waals surface area contributed by atoms with Crippen molar-refractivity contribution in [3.63, 3.8) is 0 Å². The molecule has 0 radical (unpaired) electrons. The van der Waals surface area contributed by atoms with E-state index >= 15 is 0 Å². The van der Waals surface area contributed by atoms with Crippen LogP contribution in [0.1, 0.15) is 58.3 Å². The number of nitrogens with one attached hydrogen (secondary N) is 1. The average Bonchev–Trinajstić information content (AvgIpc) is 2.43. The lowest BCUT2D eigenvalue weighted by Gasteiger charge is -2.43. The minimum Gasteiger partial charge on any atom is -0.393 e. The molecule has 19 heavy (non-hydrogen) atoms. The Hall–Kier alpha value is -0.120. The van der Waals surface area contributed by atoms with E-state index in [2.05, 4.69) is 17.1 Å². The van der Waals surface area contributed by atoms with Crippen molar-refractivity contribution in [1.82, 2.24) is 10.2 Å². The van der Waals surface area contributed by atoms with Gasteiger partial charge in [-0.05, 0) is 44.1 Å². The minimum absolute atomic E-state index is 0.0447. The number of likely N-dealkylation sites (tertiary alicyclic amines) is 1. The van der Waals surface area contributed by atoms with Gasteiger partial charge >= 0.3 is 0 Å². The molecule has 112 valence electrons. The van der Waals surface area contributed by atoms with Gasteiger partial charge in [0.25, 0.3) is 0 Å². The number of aliphatic hydroxyl groups excluding tert-OH is 1. The molecular weight excluding hydrogens is 236 g/mol. The van der Waals surface area contributed by atoms with Gasteiger partial charge in [0.15, 0.2) is 0 Å². The van der Waals surface area contributed by atoms with Gasteiger partial charge in [-0.1, -0.05) is 26.2 Å². The molecule has 0 aromatic heterocycles. The molecule has 1 saturated heterocycles. The smallest absolute Gasteiger partial charge is 0.0564 e. The predicted octanol–water partition coefficient (Wildman–Crippen LogP) is 2.39. The van der Waals surface area contributed by atoms with E-state index in [9.17, 15) is 5.11 Å². The zero-order valence-corrected chi connectivity index (χ0v) is 12.7. The van der Waals surface area contributed by atoms with Gasteiger partial charge in [0.05, 0.1) is 6.10 Å². The lowest BCUT2D eigenvalue weighted by molar-refractivity contribution is 0.0427. The molecule has 0 unspecified atom stereocenters. The minimum atomic E-state index is -0.0447. The highest BCUT2D eigenvalue weighted by Gasteiger charge is 2.34. The van der Waals surface area contributed by atoms with Crippen molar-refractivity contribution >= 4 is 0 Å². The summed E-state index contributed by atoms with van der Waals surface area (Å²) in [6.45, 7) is 8.02. The summed E-state index contributed by atoms with van der Waals surface area (Å²) >= 11 is 0. The number of piperidine rings is 1. The summed E-state index contributed by atoms with van der Waals surface area (Å²) < 4.78 is 0. The van der Waals surface area contributed by atoms with Crippen LogP contribution < -0.4 is 5.32 Å². The zero-order chi connectivity index (χ0) is 13.6.